The van der Waals surface area contributed by atoms with Crippen LogP contribution in [0, 0.1) is 6.92 Å². The average molecular weight is 211 g/mol. The fourth-order valence-corrected chi connectivity index (χ4v) is 1.31. The molecule has 1 heterocycles. The summed E-state index contributed by atoms with van der Waals surface area (Å²) in [5.74, 6) is 0. The normalized spacial score (nSPS) is 12.7. The number of aromatic nitrogens is 2. The van der Waals surface area contributed by atoms with E-state index >= 15 is 0 Å². The van der Waals surface area contributed by atoms with E-state index in [-0.39, 0.29) is 11.7 Å². The Balaban J connectivity index is 2.78. The molecule has 0 aliphatic heterocycles. The Labute approximate surface area is 88.9 Å². The molecule has 1 aromatic rings. The van der Waals surface area contributed by atoms with Crippen LogP contribution in [0.2, 0.25) is 0 Å². The Morgan fingerprint density at radius 3 is 2.93 bits per heavy atom. The molecule has 0 saturated carbocycles. The largest absolute Gasteiger partial charge is 0.375 e. The molecule has 0 saturated heterocycles. The molecular weight excluding hydrogens is 194 g/mol. The van der Waals surface area contributed by atoms with Gasteiger partial charge in [-0.05, 0) is 19.9 Å². The fourth-order valence-electron chi connectivity index (χ4n) is 1.31. The van der Waals surface area contributed by atoms with Crippen LogP contribution in [0.4, 0.5) is 0 Å². The van der Waals surface area contributed by atoms with E-state index in [2.05, 4.69) is 5.10 Å². The molecule has 0 radical (unpaired) electrons. The molecule has 1 atom stereocenters. The van der Waals surface area contributed by atoms with Crippen LogP contribution in [0.1, 0.15) is 12.6 Å². The Morgan fingerprint density at radius 2 is 2.33 bits per heavy atom. The van der Waals surface area contributed by atoms with Crippen molar-refractivity contribution in [1.29, 1.82) is 0 Å². The lowest BCUT2D eigenvalue weighted by Gasteiger charge is -2.15. The van der Waals surface area contributed by atoms with Gasteiger partial charge in [-0.2, -0.15) is 5.10 Å². The van der Waals surface area contributed by atoms with Crippen molar-refractivity contribution in [2.24, 2.45) is 5.73 Å². The Hall–Kier alpha value is -1.20. The summed E-state index contributed by atoms with van der Waals surface area (Å²) in [7, 11) is 0. The minimum absolute atomic E-state index is 0.126. The molecule has 0 amide bonds. The highest BCUT2D eigenvalue weighted by molar-refractivity contribution is 4.97. The predicted molar refractivity (Wildman–Crippen MR) is 57.7 cm³/mol. The van der Waals surface area contributed by atoms with Gasteiger partial charge in [-0.25, -0.2) is 4.68 Å². The van der Waals surface area contributed by atoms with Crippen LogP contribution in [-0.4, -0.2) is 29.0 Å². The second-order valence-corrected chi connectivity index (χ2v) is 3.31. The molecule has 0 spiro atoms. The quantitative estimate of drug-likeness (QED) is 0.739. The summed E-state index contributed by atoms with van der Waals surface area (Å²) in [4.78, 5) is 11.4. The van der Waals surface area contributed by atoms with Gasteiger partial charge in [0, 0.05) is 19.2 Å². The van der Waals surface area contributed by atoms with Gasteiger partial charge in [0.15, 0.2) is 0 Å². The van der Waals surface area contributed by atoms with Gasteiger partial charge in [0.1, 0.15) is 0 Å². The zero-order valence-electron chi connectivity index (χ0n) is 9.14. The van der Waals surface area contributed by atoms with Crippen molar-refractivity contribution in [1.82, 2.24) is 9.78 Å². The minimum atomic E-state index is -0.151. The third kappa shape index (κ3) is 3.45. The molecule has 0 fully saturated rings. The van der Waals surface area contributed by atoms with Crippen LogP contribution >= 0.6 is 0 Å². The van der Waals surface area contributed by atoms with Crippen molar-refractivity contribution in [2.75, 3.05) is 13.2 Å². The Kier molecular flexibility index (Phi) is 4.45. The SMILES string of the molecule is CCOC(CN)Cn1nc(C)ccc1=O. The van der Waals surface area contributed by atoms with Crippen LogP contribution in [-0.2, 0) is 11.3 Å². The number of hydrogen-bond donors (Lipinski definition) is 1. The van der Waals surface area contributed by atoms with Gasteiger partial charge in [-0.3, -0.25) is 4.79 Å². The minimum Gasteiger partial charge on any atom is -0.375 e. The maximum Gasteiger partial charge on any atom is 0.266 e. The average Bonchev–Trinajstić information content (AvgIpc) is 2.22. The summed E-state index contributed by atoms with van der Waals surface area (Å²) in [6.45, 7) is 5.12. The second kappa shape index (κ2) is 5.63. The summed E-state index contributed by atoms with van der Waals surface area (Å²) in [5, 5.41) is 4.11. The molecule has 15 heavy (non-hydrogen) atoms. The van der Waals surface area contributed by atoms with E-state index in [4.69, 9.17) is 10.5 Å². The predicted octanol–water partition coefficient (Wildman–Crippen LogP) is -0.0845. The van der Waals surface area contributed by atoms with Crippen LogP contribution in [0.25, 0.3) is 0 Å². The maximum absolute atomic E-state index is 11.4. The first-order valence-electron chi connectivity index (χ1n) is 5.03. The van der Waals surface area contributed by atoms with Crippen molar-refractivity contribution in [3.8, 4) is 0 Å². The number of hydrogen-bond acceptors (Lipinski definition) is 4. The zero-order chi connectivity index (χ0) is 11.3. The maximum atomic E-state index is 11.4. The first kappa shape index (κ1) is 11.9. The molecule has 2 N–H and O–H groups in total. The van der Waals surface area contributed by atoms with Crippen molar-refractivity contribution in [3.05, 3.63) is 28.2 Å². The van der Waals surface area contributed by atoms with E-state index in [0.717, 1.165) is 5.69 Å². The summed E-state index contributed by atoms with van der Waals surface area (Å²) < 4.78 is 6.76. The van der Waals surface area contributed by atoms with Gasteiger partial charge < -0.3 is 10.5 Å². The van der Waals surface area contributed by atoms with Crippen molar-refractivity contribution in [2.45, 2.75) is 26.5 Å². The molecule has 0 aromatic carbocycles. The molecular formula is C10H17N3O2. The molecule has 5 heteroatoms. The molecule has 0 aliphatic carbocycles. The van der Waals surface area contributed by atoms with E-state index in [1.54, 1.807) is 6.07 Å². The van der Waals surface area contributed by atoms with Crippen LogP contribution < -0.4 is 11.3 Å². The lowest BCUT2D eigenvalue weighted by Crippen LogP contribution is -2.34. The number of nitrogens with two attached hydrogens (primary N) is 1. The van der Waals surface area contributed by atoms with Gasteiger partial charge in [-0.15, -0.1) is 0 Å². The summed E-state index contributed by atoms with van der Waals surface area (Å²) >= 11 is 0. The van der Waals surface area contributed by atoms with Gasteiger partial charge in [0.2, 0.25) is 0 Å². The molecule has 5 nitrogen and oxygen atoms in total. The van der Waals surface area contributed by atoms with Gasteiger partial charge in [-0.1, -0.05) is 0 Å². The van der Waals surface area contributed by atoms with Gasteiger partial charge >= 0.3 is 0 Å². The Morgan fingerprint density at radius 1 is 1.60 bits per heavy atom. The lowest BCUT2D eigenvalue weighted by molar-refractivity contribution is 0.0530. The zero-order valence-corrected chi connectivity index (χ0v) is 9.14. The number of nitrogens with zero attached hydrogens (tertiary/aromatic N) is 2. The summed E-state index contributed by atoms with van der Waals surface area (Å²) in [6, 6.07) is 3.19. The topological polar surface area (TPSA) is 70.1 Å². The van der Waals surface area contributed by atoms with Crippen LogP contribution in [0.15, 0.2) is 16.9 Å². The number of rotatable bonds is 5. The van der Waals surface area contributed by atoms with Crippen molar-refractivity contribution in [3.63, 3.8) is 0 Å². The third-order valence-electron chi connectivity index (χ3n) is 2.04. The molecule has 84 valence electrons. The molecule has 0 bridgehead atoms. The van der Waals surface area contributed by atoms with Gasteiger partial charge in [0.05, 0.1) is 18.3 Å². The van der Waals surface area contributed by atoms with Crippen LogP contribution in [0.5, 0.6) is 0 Å². The standard InChI is InChI=1S/C10H17N3O2/c1-3-15-9(6-11)7-13-10(14)5-4-8(2)12-13/h4-5,9H,3,6-7,11H2,1-2H3. The smallest absolute Gasteiger partial charge is 0.266 e. The van der Waals surface area contributed by atoms with Crippen molar-refractivity contribution < 1.29 is 4.74 Å². The van der Waals surface area contributed by atoms with E-state index in [1.165, 1.54) is 10.7 Å². The van der Waals surface area contributed by atoms with Crippen LogP contribution in [0.3, 0.4) is 0 Å². The lowest BCUT2D eigenvalue weighted by atomic mass is 10.3. The number of aryl methyl sites for hydroxylation is 1. The molecule has 1 rings (SSSR count). The van der Waals surface area contributed by atoms with E-state index in [9.17, 15) is 4.79 Å². The highest BCUT2D eigenvalue weighted by Crippen LogP contribution is 1.94. The summed E-state index contributed by atoms with van der Waals surface area (Å²) in [6.07, 6.45) is -0.151. The molecule has 1 aromatic heterocycles. The third-order valence-corrected chi connectivity index (χ3v) is 2.04. The molecule has 0 aliphatic rings. The fraction of sp³-hybridized carbons (Fsp3) is 0.600. The van der Waals surface area contributed by atoms with E-state index in [1.807, 2.05) is 13.8 Å². The monoisotopic (exact) mass is 211 g/mol. The highest BCUT2D eigenvalue weighted by atomic mass is 16.5. The second-order valence-electron chi connectivity index (χ2n) is 3.31. The highest BCUT2D eigenvalue weighted by Gasteiger charge is 2.08. The first-order chi connectivity index (χ1) is 7.17. The molecule has 1 unspecified atom stereocenters. The number of ether oxygens (including phenoxy) is 1. The van der Waals surface area contributed by atoms with Crippen molar-refractivity contribution >= 4 is 0 Å². The first-order valence-corrected chi connectivity index (χ1v) is 5.03. The van der Waals surface area contributed by atoms with E-state index in [0.29, 0.717) is 19.7 Å². The summed E-state index contributed by atoms with van der Waals surface area (Å²) in [5.41, 5.74) is 6.21. The van der Waals surface area contributed by atoms with Gasteiger partial charge in [0.25, 0.3) is 5.56 Å². The van der Waals surface area contributed by atoms with E-state index < -0.39 is 0 Å². The Bertz CT molecular complexity index is 362.